The Morgan fingerprint density at radius 3 is 2.87 bits per heavy atom. The van der Waals surface area contributed by atoms with Gasteiger partial charge in [-0.1, -0.05) is 23.4 Å². The first-order valence-corrected chi connectivity index (χ1v) is 4.53. The number of carbonyl (C=O) groups is 2. The van der Waals surface area contributed by atoms with Crippen LogP contribution in [0.25, 0.3) is 0 Å². The molecule has 76 valence electrons. The first-order chi connectivity index (χ1) is 7.13. The number of aldehydes is 1. The second-order valence-corrected chi connectivity index (χ2v) is 3.23. The van der Waals surface area contributed by atoms with Gasteiger partial charge in [-0.15, -0.1) is 0 Å². The summed E-state index contributed by atoms with van der Waals surface area (Å²) in [5.74, 6) is 4.73. The average molecular weight is 222 g/mol. The van der Waals surface area contributed by atoms with E-state index in [1.807, 2.05) is 0 Å². The lowest BCUT2D eigenvalue weighted by Gasteiger charge is -1.96. The van der Waals surface area contributed by atoms with E-state index >= 15 is 0 Å². The number of primary amides is 1. The molecule has 0 aliphatic carbocycles. The molecule has 1 amide bonds. The molecular weight excluding hydrogens is 214 g/mol. The van der Waals surface area contributed by atoms with E-state index in [4.69, 9.17) is 17.3 Å². The van der Waals surface area contributed by atoms with Gasteiger partial charge in [0.15, 0.2) is 6.29 Å². The summed E-state index contributed by atoms with van der Waals surface area (Å²) < 4.78 is 0. The van der Waals surface area contributed by atoms with E-state index in [9.17, 15) is 9.59 Å². The van der Waals surface area contributed by atoms with E-state index in [0.29, 0.717) is 22.4 Å². The summed E-state index contributed by atoms with van der Waals surface area (Å²) in [6.45, 7) is 0. The van der Waals surface area contributed by atoms with Crippen LogP contribution in [0.4, 0.5) is 0 Å². The van der Waals surface area contributed by atoms with Crippen LogP contribution in [-0.4, -0.2) is 12.2 Å². The van der Waals surface area contributed by atoms with Gasteiger partial charge in [0.2, 0.25) is 5.91 Å². The van der Waals surface area contributed by atoms with Crippen molar-refractivity contribution in [3.05, 3.63) is 34.3 Å². The second kappa shape index (κ2) is 5.18. The lowest BCUT2D eigenvalue weighted by atomic mass is 10.1. The van der Waals surface area contributed by atoms with Gasteiger partial charge in [0.05, 0.1) is 6.42 Å². The highest BCUT2D eigenvalue weighted by atomic mass is 35.5. The fourth-order valence-electron chi connectivity index (χ4n) is 0.966. The van der Waals surface area contributed by atoms with Crippen molar-refractivity contribution in [2.24, 2.45) is 5.73 Å². The molecule has 0 aliphatic heterocycles. The van der Waals surface area contributed by atoms with E-state index < -0.39 is 5.91 Å². The summed E-state index contributed by atoms with van der Waals surface area (Å²) in [6, 6.07) is 4.74. The number of carbonyl (C=O) groups excluding carboxylic acids is 2. The number of hydrogen-bond acceptors (Lipinski definition) is 2. The minimum atomic E-state index is -0.503. The van der Waals surface area contributed by atoms with Gasteiger partial charge >= 0.3 is 0 Å². The number of halogens is 1. The van der Waals surface area contributed by atoms with E-state index in [0.717, 1.165) is 0 Å². The third kappa shape index (κ3) is 3.45. The van der Waals surface area contributed by atoms with E-state index in [-0.39, 0.29) is 6.42 Å². The van der Waals surface area contributed by atoms with Crippen molar-refractivity contribution in [1.29, 1.82) is 0 Å². The molecule has 1 aromatic carbocycles. The van der Waals surface area contributed by atoms with E-state index in [1.54, 1.807) is 18.2 Å². The first kappa shape index (κ1) is 11.3. The molecule has 0 radical (unpaired) electrons. The zero-order chi connectivity index (χ0) is 11.3. The molecule has 0 fully saturated rings. The van der Waals surface area contributed by atoms with Crippen LogP contribution in [0.5, 0.6) is 0 Å². The molecule has 0 aromatic heterocycles. The SMILES string of the molecule is NC(=O)CC#Cc1cc(Cl)ccc1C=O. The van der Waals surface area contributed by atoms with Crippen molar-refractivity contribution >= 4 is 23.8 Å². The molecule has 1 aromatic rings. The van der Waals surface area contributed by atoms with Crippen molar-refractivity contribution in [2.45, 2.75) is 6.42 Å². The van der Waals surface area contributed by atoms with E-state index in [2.05, 4.69) is 11.8 Å². The Balaban J connectivity index is 2.99. The maximum absolute atomic E-state index is 10.6. The lowest BCUT2D eigenvalue weighted by Crippen LogP contribution is -2.08. The molecule has 0 unspecified atom stereocenters. The van der Waals surface area contributed by atoms with Crippen LogP contribution in [0.2, 0.25) is 5.02 Å². The molecule has 4 heteroatoms. The zero-order valence-electron chi connectivity index (χ0n) is 7.79. The van der Waals surface area contributed by atoms with Crippen molar-refractivity contribution in [3.63, 3.8) is 0 Å². The number of hydrogen-bond donors (Lipinski definition) is 1. The first-order valence-electron chi connectivity index (χ1n) is 4.15. The van der Waals surface area contributed by atoms with Gasteiger partial charge in [-0.25, -0.2) is 0 Å². The van der Waals surface area contributed by atoms with Gasteiger partial charge < -0.3 is 5.73 Å². The van der Waals surface area contributed by atoms with Crippen LogP contribution in [0.15, 0.2) is 18.2 Å². The Hall–Kier alpha value is -1.79. The molecule has 0 atom stereocenters. The van der Waals surface area contributed by atoms with Crippen LogP contribution in [0.3, 0.4) is 0 Å². The third-order valence-electron chi connectivity index (χ3n) is 1.63. The fraction of sp³-hybridized carbons (Fsp3) is 0.0909. The van der Waals surface area contributed by atoms with Crippen LogP contribution in [-0.2, 0) is 4.79 Å². The molecule has 0 spiro atoms. The van der Waals surface area contributed by atoms with Crippen LogP contribution in [0, 0.1) is 11.8 Å². The fourth-order valence-corrected chi connectivity index (χ4v) is 1.14. The summed E-state index contributed by atoms with van der Waals surface area (Å²) >= 11 is 5.74. The molecule has 0 saturated heterocycles. The second-order valence-electron chi connectivity index (χ2n) is 2.79. The number of benzene rings is 1. The Morgan fingerprint density at radius 2 is 2.27 bits per heavy atom. The molecule has 0 heterocycles. The molecule has 0 saturated carbocycles. The Kier molecular flexibility index (Phi) is 3.90. The van der Waals surface area contributed by atoms with Gasteiger partial charge in [-0.2, -0.15) is 0 Å². The minimum Gasteiger partial charge on any atom is -0.369 e. The van der Waals surface area contributed by atoms with Gasteiger partial charge in [-0.3, -0.25) is 9.59 Å². The molecule has 0 bridgehead atoms. The van der Waals surface area contributed by atoms with Gasteiger partial charge in [0.1, 0.15) is 0 Å². The van der Waals surface area contributed by atoms with Gasteiger partial charge in [0, 0.05) is 16.1 Å². The quantitative estimate of drug-likeness (QED) is 0.606. The highest BCUT2D eigenvalue weighted by molar-refractivity contribution is 6.30. The predicted molar refractivity (Wildman–Crippen MR) is 57.5 cm³/mol. The van der Waals surface area contributed by atoms with Crippen molar-refractivity contribution in [3.8, 4) is 11.8 Å². The summed E-state index contributed by atoms with van der Waals surface area (Å²) in [6.07, 6.45) is 0.648. The molecule has 3 nitrogen and oxygen atoms in total. The van der Waals surface area contributed by atoms with Crippen LogP contribution in [0.1, 0.15) is 22.3 Å². The summed E-state index contributed by atoms with van der Waals surface area (Å²) in [7, 11) is 0. The number of rotatable bonds is 2. The Morgan fingerprint density at radius 1 is 1.53 bits per heavy atom. The number of amides is 1. The number of nitrogens with two attached hydrogens (primary N) is 1. The largest absolute Gasteiger partial charge is 0.369 e. The standard InChI is InChI=1S/C11H8ClNO2/c12-10-5-4-9(7-14)8(6-10)2-1-3-11(13)15/h4-7H,3H2,(H2,13,15). The molecular formula is C11H8ClNO2. The van der Waals surface area contributed by atoms with Crippen LogP contribution < -0.4 is 5.73 Å². The smallest absolute Gasteiger partial charge is 0.229 e. The monoisotopic (exact) mass is 221 g/mol. The van der Waals surface area contributed by atoms with Crippen molar-refractivity contribution in [1.82, 2.24) is 0 Å². The highest BCUT2D eigenvalue weighted by Crippen LogP contribution is 2.13. The molecule has 0 aliphatic rings. The van der Waals surface area contributed by atoms with Crippen molar-refractivity contribution in [2.75, 3.05) is 0 Å². The Bertz CT molecular complexity index is 457. The summed E-state index contributed by atoms with van der Waals surface area (Å²) in [4.78, 5) is 21.1. The van der Waals surface area contributed by atoms with Gasteiger partial charge in [-0.05, 0) is 18.2 Å². The Labute approximate surface area is 92.2 Å². The molecule has 15 heavy (non-hydrogen) atoms. The lowest BCUT2D eigenvalue weighted by molar-refractivity contribution is -0.117. The minimum absolute atomic E-state index is 0.0369. The van der Waals surface area contributed by atoms with Crippen LogP contribution >= 0.6 is 11.6 Å². The summed E-state index contributed by atoms with van der Waals surface area (Å²) in [5.41, 5.74) is 5.86. The average Bonchev–Trinajstić information content (AvgIpc) is 2.17. The highest BCUT2D eigenvalue weighted by Gasteiger charge is 1.99. The maximum Gasteiger partial charge on any atom is 0.229 e. The zero-order valence-corrected chi connectivity index (χ0v) is 8.54. The predicted octanol–water partition coefficient (Wildman–Crippen LogP) is 1.38. The summed E-state index contributed by atoms with van der Waals surface area (Å²) in [5, 5.41) is 0.490. The normalized spacial score (nSPS) is 8.87. The maximum atomic E-state index is 10.6. The third-order valence-corrected chi connectivity index (χ3v) is 1.86. The van der Waals surface area contributed by atoms with Crippen molar-refractivity contribution < 1.29 is 9.59 Å². The van der Waals surface area contributed by atoms with Gasteiger partial charge in [0.25, 0.3) is 0 Å². The van der Waals surface area contributed by atoms with E-state index in [1.165, 1.54) is 0 Å². The topological polar surface area (TPSA) is 60.2 Å². The molecule has 1 rings (SSSR count). The molecule has 2 N–H and O–H groups in total.